The molecule has 62 valence electrons. The standard InChI is InChI=1S/C8H19NO/c1-2-5-8(10)6-3-4-7-9/h8,10H,2-7,9H2,1H3/t8-/m0/s1. The van der Waals surface area contributed by atoms with Gasteiger partial charge in [0.2, 0.25) is 0 Å². The number of aliphatic hydroxyl groups is 1. The molecule has 1 atom stereocenters. The summed E-state index contributed by atoms with van der Waals surface area (Å²) in [6.07, 6.45) is 4.95. The normalized spacial score (nSPS) is 13.5. The van der Waals surface area contributed by atoms with Gasteiger partial charge in [0.25, 0.3) is 0 Å². The Morgan fingerprint density at radius 1 is 1.30 bits per heavy atom. The van der Waals surface area contributed by atoms with E-state index < -0.39 is 0 Å². The van der Waals surface area contributed by atoms with Crippen LogP contribution in [0, 0.1) is 0 Å². The van der Waals surface area contributed by atoms with Crippen LogP contribution in [0.5, 0.6) is 0 Å². The molecular formula is C8H19NO. The van der Waals surface area contributed by atoms with Gasteiger partial charge in [0.15, 0.2) is 0 Å². The van der Waals surface area contributed by atoms with E-state index in [2.05, 4.69) is 6.92 Å². The molecule has 0 heterocycles. The van der Waals surface area contributed by atoms with Crippen LogP contribution in [-0.4, -0.2) is 17.8 Å². The maximum atomic E-state index is 9.23. The second-order valence-electron chi connectivity index (χ2n) is 2.73. The van der Waals surface area contributed by atoms with E-state index >= 15 is 0 Å². The Morgan fingerprint density at radius 3 is 2.50 bits per heavy atom. The lowest BCUT2D eigenvalue weighted by Gasteiger charge is -2.06. The Labute approximate surface area is 63.4 Å². The van der Waals surface area contributed by atoms with Crippen LogP contribution in [0.1, 0.15) is 39.0 Å². The second kappa shape index (κ2) is 7.03. The molecule has 0 aromatic heterocycles. The third kappa shape index (κ3) is 6.05. The van der Waals surface area contributed by atoms with E-state index in [1.54, 1.807) is 0 Å². The Hall–Kier alpha value is -0.0800. The van der Waals surface area contributed by atoms with Crippen molar-refractivity contribution >= 4 is 0 Å². The third-order valence-electron chi connectivity index (χ3n) is 1.61. The molecule has 0 saturated heterocycles. The number of aliphatic hydroxyl groups excluding tert-OH is 1. The van der Waals surface area contributed by atoms with Crippen molar-refractivity contribution in [1.29, 1.82) is 0 Å². The first-order chi connectivity index (χ1) is 4.81. The Kier molecular flexibility index (Phi) is 6.98. The molecule has 10 heavy (non-hydrogen) atoms. The number of rotatable bonds is 6. The highest BCUT2D eigenvalue weighted by Gasteiger charge is 2.00. The minimum atomic E-state index is -0.0865. The molecule has 0 aromatic carbocycles. The van der Waals surface area contributed by atoms with E-state index in [1.165, 1.54) is 0 Å². The van der Waals surface area contributed by atoms with Crippen molar-refractivity contribution in [3.8, 4) is 0 Å². The van der Waals surface area contributed by atoms with Crippen molar-refractivity contribution in [1.82, 2.24) is 0 Å². The van der Waals surface area contributed by atoms with Crippen LogP contribution >= 0.6 is 0 Å². The summed E-state index contributed by atoms with van der Waals surface area (Å²) in [4.78, 5) is 0. The van der Waals surface area contributed by atoms with Gasteiger partial charge in [-0.25, -0.2) is 0 Å². The van der Waals surface area contributed by atoms with Gasteiger partial charge >= 0.3 is 0 Å². The van der Waals surface area contributed by atoms with Crippen molar-refractivity contribution in [2.24, 2.45) is 5.73 Å². The lowest BCUT2D eigenvalue weighted by molar-refractivity contribution is 0.150. The van der Waals surface area contributed by atoms with Crippen molar-refractivity contribution in [3.63, 3.8) is 0 Å². The van der Waals surface area contributed by atoms with Gasteiger partial charge in [-0.3, -0.25) is 0 Å². The van der Waals surface area contributed by atoms with Crippen molar-refractivity contribution in [2.45, 2.75) is 45.1 Å². The highest BCUT2D eigenvalue weighted by atomic mass is 16.3. The summed E-state index contributed by atoms with van der Waals surface area (Å²) in [5.41, 5.74) is 5.31. The van der Waals surface area contributed by atoms with Crippen LogP contribution in [0.15, 0.2) is 0 Å². The van der Waals surface area contributed by atoms with E-state index in [0.717, 1.165) is 38.6 Å². The van der Waals surface area contributed by atoms with E-state index in [9.17, 15) is 5.11 Å². The highest BCUT2D eigenvalue weighted by Crippen LogP contribution is 2.05. The van der Waals surface area contributed by atoms with Crippen LogP contribution < -0.4 is 5.73 Å². The largest absolute Gasteiger partial charge is 0.393 e. The molecule has 0 aromatic rings. The third-order valence-corrected chi connectivity index (χ3v) is 1.61. The molecule has 0 rings (SSSR count). The Bertz CT molecular complexity index is 66.3. The molecular weight excluding hydrogens is 126 g/mol. The number of unbranched alkanes of at least 4 members (excludes halogenated alkanes) is 1. The summed E-state index contributed by atoms with van der Waals surface area (Å²) in [5, 5.41) is 9.23. The molecule has 0 fully saturated rings. The maximum absolute atomic E-state index is 9.23. The molecule has 3 N–H and O–H groups in total. The van der Waals surface area contributed by atoms with Crippen LogP contribution in [0.4, 0.5) is 0 Å². The van der Waals surface area contributed by atoms with Gasteiger partial charge in [-0.15, -0.1) is 0 Å². The van der Waals surface area contributed by atoms with Gasteiger partial charge in [0, 0.05) is 0 Å². The van der Waals surface area contributed by atoms with E-state index in [4.69, 9.17) is 5.73 Å². The molecule has 0 spiro atoms. The fraction of sp³-hybridized carbons (Fsp3) is 1.00. The van der Waals surface area contributed by atoms with Crippen molar-refractivity contribution in [2.75, 3.05) is 6.54 Å². The fourth-order valence-corrected chi connectivity index (χ4v) is 1.00. The Balaban J connectivity index is 2.97. The zero-order valence-electron chi connectivity index (χ0n) is 6.84. The number of hydrogen-bond acceptors (Lipinski definition) is 2. The van der Waals surface area contributed by atoms with Gasteiger partial charge in [-0.2, -0.15) is 0 Å². The summed E-state index contributed by atoms with van der Waals surface area (Å²) in [5.74, 6) is 0. The summed E-state index contributed by atoms with van der Waals surface area (Å²) < 4.78 is 0. The molecule has 2 nitrogen and oxygen atoms in total. The SMILES string of the molecule is CCC[C@H](O)CCCCN. The predicted octanol–water partition coefficient (Wildman–Crippen LogP) is 1.28. The minimum Gasteiger partial charge on any atom is -0.393 e. The first kappa shape index (κ1) is 9.92. The van der Waals surface area contributed by atoms with E-state index in [0.29, 0.717) is 0 Å². The zero-order chi connectivity index (χ0) is 7.82. The topological polar surface area (TPSA) is 46.2 Å². The summed E-state index contributed by atoms with van der Waals surface area (Å²) in [6, 6.07) is 0. The molecule has 0 aliphatic rings. The summed E-state index contributed by atoms with van der Waals surface area (Å²) >= 11 is 0. The monoisotopic (exact) mass is 145 g/mol. The molecule has 0 amide bonds. The molecule has 0 aliphatic heterocycles. The average molecular weight is 145 g/mol. The maximum Gasteiger partial charge on any atom is 0.0540 e. The number of nitrogens with two attached hydrogens (primary N) is 1. The summed E-state index contributed by atoms with van der Waals surface area (Å²) in [7, 11) is 0. The lowest BCUT2D eigenvalue weighted by atomic mass is 10.1. The van der Waals surface area contributed by atoms with Gasteiger partial charge in [0.1, 0.15) is 0 Å². The van der Waals surface area contributed by atoms with Crippen LogP contribution in [0.3, 0.4) is 0 Å². The minimum absolute atomic E-state index is 0.0865. The van der Waals surface area contributed by atoms with Gasteiger partial charge in [-0.1, -0.05) is 13.3 Å². The smallest absolute Gasteiger partial charge is 0.0540 e. The van der Waals surface area contributed by atoms with Crippen molar-refractivity contribution in [3.05, 3.63) is 0 Å². The fourth-order valence-electron chi connectivity index (χ4n) is 1.00. The van der Waals surface area contributed by atoms with Gasteiger partial charge in [0.05, 0.1) is 6.10 Å². The Morgan fingerprint density at radius 2 is 2.00 bits per heavy atom. The molecule has 0 radical (unpaired) electrons. The first-order valence-corrected chi connectivity index (χ1v) is 4.19. The van der Waals surface area contributed by atoms with E-state index in [1.807, 2.05) is 0 Å². The number of hydrogen-bond donors (Lipinski definition) is 2. The highest BCUT2D eigenvalue weighted by molar-refractivity contribution is 4.54. The van der Waals surface area contributed by atoms with Gasteiger partial charge in [-0.05, 0) is 32.2 Å². The molecule has 0 aliphatic carbocycles. The quantitative estimate of drug-likeness (QED) is 0.553. The first-order valence-electron chi connectivity index (χ1n) is 4.19. The lowest BCUT2D eigenvalue weighted by Crippen LogP contribution is -2.07. The average Bonchev–Trinajstić information content (AvgIpc) is 1.89. The van der Waals surface area contributed by atoms with Gasteiger partial charge < -0.3 is 10.8 Å². The van der Waals surface area contributed by atoms with Crippen LogP contribution in [-0.2, 0) is 0 Å². The predicted molar refractivity (Wildman–Crippen MR) is 43.8 cm³/mol. The van der Waals surface area contributed by atoms with E-state index in [-0.39, 0.29) is 6.10 Å². The van der Waals surface area contributed by atoms with Crippen LogP contribution in [0.2, 0.25) is 0 Å². The summed E-state index contributed by atoms with van der Waals surface area (Å²) in [6.45, 7) is 2.84. The molecule has 0 unspecified atom stereocenters. The second-order valence-corrected chi connectivity index (χ2v) is 2.73. The molecule has 2 heteroatoms. The molecule has 0 saturated carbocycles. The molecule has 0 bridgehead atoms. The zero-order valence-corrected chi connectivity index (χ0v) is 6.84. The van der Waals surface area contributed by atoms with Crippen LogP contribution in [0.25, 0.3) is 0 Å². The van der Waals surface area contributed by atoms with Crippen molar-refractivity contribution < 1.29 is 5.11 Å².